The zero-order valence-electron chi connectivity index (χ0n) is 11.6. The van der Waals surface area contributed by atoms with Gasteiger partial charge in [-0.25, -0.2) is 0 Å². The molecule has 1 N–H and O–H groups in total. The lowest BCUT2D eigenvalue weighted by atomic mass is 9.70. The Bertz CT molecular complexity index is 208. The van der Waals surface area contributed by atoms with E-state index < -0.39 is 5.60 Å². The van der Waals surface area contributed by atoms with Gasteiger partial charge in [0.25, 0.3) is 0 Å². The maximum Gasteiger partial charge on any atom is 0.0910 e. The highest BCUT2D eigenvalue weighted by atomic mass is 32.2. The zero-order chi connectivity index (χ0) is 12.7. The molecule has 0 radical (unpaired) electrons. The summed E-state index contributed by atoms with van der Waals surface area (Å²) in [7, 11) is 0. The molecule has 0 aliphatic heterocycles. The van der Waals surface area contributed by atoms with E-state index in [1.54, 1.807) is 0 Å². The smallest absolute Gasteiger partial charge is 0.0910 e. The van der Waals surface area contributed by atoms with Gasteiger partial charge in [-0.05, 0) is 43.1 Å². The molecule has 1 saturated carbocycles. The molecule has 0 aromatic carbocycles. The maximum atomic E-state index is 10.7. The first-order chi connectivity index (χ1) is 8.10. The molecule has 0 aromatic rings. The summed E-state index contributed by atoms with van der Waals surface area (Å²) in [4.78, 5) is 0. The molecule has 0 saturated heterocycles. The van der Waals surface area contributed by atoms with Crippen LogP contribution in [0.5, 0.6) is 0 Å². The van der Waals surface area contributed by atoms with Crippen molar-refractivity contribution in [2.24, 2.45) is 11.8 Å². The summed E-state index contributed by atoms with van der Waals surface area (Å²) >= 11 is 1.85. The van der Waals surface area contributed by atoms with Gasteiger partial charge in [0, 0.05) is 6.61 Å². The predicted molar refractivity (Wildman–Crippen MR) is 75.6 cm³/mol. The zero-order valence-corrected chi connectivity index (χ0v) is 12.4. The van der Waals surface area contributed by atoms with Crippen LogP contribution in [0, 0.1) is 11.8 Å². The predicted octanol–water partition coefficient (Wildman–Crippen LogP) is 3.33. The highest BCUT2D eigenvalue weighted by Gasteiger charge is 2.40. The monoisotopic (exact) mass is 260 g/mol. The van der Waals surface area contributed by atoms with E-state index in [9.17, 15) is 5.11 Å². The molecule has 2 nitrogen and oxygen atoms in total. The van der Waals surface area contributed by atoms with Crippen molar-refractivity contribution in [3.63, 3.8) is 0 Å². The van der Waals surface area contributed by atoms with Gasteiger partial charge in [-0.15, -0.1) is 0 Å². The van der Waals surface area contributed by atoms with Crippen molar-refractivity contribution in [1.29, 1.82) is 0 Å². The van der Waals surface area contributed by atoms with E-state index >= 15 is 0 Å². The lowest BCUT2D eigenvalue weighted by molar-refractivity contribution is -0.117. The van der Waals surface area contributed by atoms with Crippen LogP contribution in [0.2, 0.25) is 0 Å². The summed E-state index contributed by atoms with van der Waals surface area (Å²) < 4.78 is 5.70. The topological polar surface area (TPSA) is 29.5 Å². The van der Waals surface area contributed by atoms with Gasteiger partial charge in [0.2, 0.25) is 0 Å². The standard InChI is InChI=1S/C14H28O2S/c1-12(2)13-7-4-5-8-14(13,15)11-16-9-6-10-17-3/h12-13,15H,4-11H2,1-3H3. The van der Waals surface area contributed by atoms with E-state index in [0.29, 0.717) is 18.4 Å². The molecule has 1 aliphatic carbocycles. The molecule has 102 valence electrons. The fraction of sp³-hybridized carbons (Fsp3) is 1.00. The van der Waals surface area contributed by atoms with Crippen molar-refractivity contribution in [2.45, 2.75) is 51.6 Å². The first-order valence-electron chi connectivity index (χ1n) is 6.89. The van der Waals surface area contributed by atoms with Gasteiger partial charge in [0.15, 0.2) is 0 Å². The minimum Gasteiger partial charge on any atom is -0.387 e. The Morgan fingerprint density at radius 3 is 2.82 bits per heavy atom. The van der Waals surface area contributed by atoms with Crippen molar-refractivity contribution < 1.29 is 9.84 Å². The Morgan fingerprint density at radius 1 is 1.41 bits per heavy atom. The van der Waals surface area contributed by atoms with Crippen molar-refractivity contribution >= 4 is 11.8 Å². The van der Waals surface area contributed by atoms with Crippen LogP contribution in [0.15, 0.2) is 0 Å². The van der Waals surface area contributed by atoms with Crippen molar-refractivity contribution in [1.82, 2.24) is 0 Å². The number of thioether (sulfide) groups is 1. The third-order valence-corrected chi connectivity index (χ3v) is 4.56. The van der Waals surface area contributed by atoms with Gasteiger partial charge in [0.1, 0.15) is 0 Å². The van der Waals surface area contributed by atoms with Gasteiger partial charge in [0.05, 0.1) is 12.2 Å². The van der Waals surface area contributed by atoms with Crippen molar-refractivity contribution in [3.05, 3.63) is 0 Å². The highest BCUT2D eigenvalue weighted by molar-refractivity contribution is 7.98. The third-order valence-electron chi connectivity index (χ3n) is 3.86. The number of aliphatic hydroxyl groups is 1. The van der Waals surface area contributed by atoms with Gasteiger partial charge in [-0.2, -0.15) is 11.8 Å². The molecule has 0 aromatic heterocycles. The Kier molecular flexibility index (Phi) is 6.90. The Hall–Kier alpha value is 0.270. The molecular formula is C14H28O2S. The summed E-state index contributed by atoms with van der Waals surface area (Å²) in [5, 5.41) is 10.7. The molecule has 0 amide bonds. The second kappa shape index (κ2) is 7.65. The Balaban J connectivity index is 2.35. The number of hydrogen-bond acceptors (Lipinski definition) is 3. The SMILES string of the molecule is CSCCCOCC1(O)CCCCC1C(C)C. The van der Waals surface area contributed by atoms with Crippen molar-refractivity contribution in [3.8, 4) is 0 Å². The quantitative estimate of drug-likeness (QED) is 0.712. The molecule has 0 bridgehead atoms. The summed E-state index contributed by atoms with van der Waals surface area (Å²) in [6, 6.07) is 0. The second-order valence-electron chi connectivity index (χ2n) is 5.60. The fourth-order valence-electron chi connectivity index (χ4n) is 2.94. The lowest BCUT2D eigenvalue weighted by Crippen LogP contribution is -2.47. The fourth-order valence-corrected chi connectivity index (χ4v) is 3.34. The molecule has 17 heavy (non-hydrogen) atoms. The minimum absolute atomic E-state index is 0.414. The van der Waals surface area contributed by atoms with E-state index in [-0.39, 0.29) is 0 Å². The Morgan fingerprint density at radius 2 is 2.18 bits per heavy atom. The molecule has 0 spiro atoms. The number of ether oxygens (including phenoxy) is 1. The Labute approximate surface area is 111 Å². The van der Waals surface area contributed by atoms with Crippen LogP contribution in [0.3, 0.4) is 0 Å². The summed E-state index contributed by atoms with van der Waals surface area (Å²) in [5.74, 6) is 2.11. The van der Waals surface area contributed by atoms with E-state index in [4.69, 9.17) is 4.74 Å². The van der Waals surface area contributed by atoms with Crippen LogP contribution in [0.1, 0.15) is 46.0 Å². The molecular weight excluding hydrogens is 232 g/mol. The molecule has 0 heterocycles. The molecule has 2 atom stereocenters. The van der Waals surface area contributed by atoms with Crippen LogP contribution in [0.25, 0.3) is 0 Å². The van der Waals surface area contributed by atoms with Crippen LogP contribution in [0.4, 0.5) is 0 Å². The number of rotatable bonds is 7. The minimum atomic E-state index is -0.564. The molecule has 2 unspecified atom stereocenters. The second-order valence-corrected chi connectivity index (χ2v) is 6.58. The summed E-state index contributed by atoms with van der Waals surface area (Å²) in [5.41, 5.74) is -0.564. The van der Waals surface area contributed by atoms with Gasteiger partial charge < -0.3 is 9.84 Å². The molecule has 3 heteroatoms. The van der Waals surface area contributed by atoms with Crippen LogP contribution >= 0.6 is 11.8 Å². The largest absolute Gasteiger partial charge is 0.387 e. The van der Waals surface area contributed by atoms with E-state index in [1.165, 1.54) is 6.42 Å². The first-order valence-corrected chi connectivity index (χ1v) is 8.28. The van der Waals surface area contributed by atoms with E-state index in [1.807, 2.05) is 11.8 Å². The van der Waals surface area contributed by atoms with Gasteiger partial charge in [-0.3, -0.25) is 0 Å². The van der Waals surface area contributed by atoms with Gasteiger partial charge in [-0.1, -0.05) is 26.7 Å². The van der Waals surface area contributed by atoms with Crippen LogP contribution in [-0.4, -0.2) is 35.9 Å². The molecule has 1 aliphatic rings. The lowest BCUT2D eigenvalue weighted by Gasteiger charge is -2.42. The van der Waals surface area contributed by atoms with E-state index in [2.05, 4.69) is 20.1 Å². The average Bonchev–Trinajstić information content (AvgIpc) is 2.29. The third kappa shape index (κ3) is 4.80. The summed E-state index contributed by atoms with van der Waals surface area (Å²) in [6.45, 7) is 5.75. The average molecular weight is 260 g/mol. The summed E-state index contributed by atoms with van der Waals surface area (Å²) in [6.07, 6.45) is 7.68. The van der Waals surface area contributed by atoms with Crippen LogP contribution < -0.4 is 0 Å². The van der Waals surface area contributed by atoms with Crippen LogP contribution in [-0.2, 0) is 4.74 Å². The molecule has 1 rings (SSSR count). The highest BCUT2D eigenvalue weighted by Crippen LogP contribution is 2.38. The van der Waals surface area contributed by atoms with E-state index in [0.717, 1.165) is 38.0 Å². The first kappa shape index (κ1) is 15.3. The number of hydrogen-bond donors (Lipinski definition) is 1. The van der Waals surface area contributed by atoms with Crippen molar-refractivity contribution in [2.75, 3.05) is 25.2 Å². The molecule has 1 fully saturated rings. The maximum absolute atomic E-state index is 10.7. The van der Waals surface area contributed by atoms with Gasteiger partial charge >= 0.3 is 0 Å². The normalized spacial score (nSPS) is 29.8.